The Labute approximate surface area is 165 Å². The van der Waals surface area contributed by atoms with Gasteiger partial charge in [0, 0.05) is 9.26 Å². The van der Waals surface area contributed by atoms with E-state index in [1.807, 2.05) is 6.07 Å². The Bertz CT molecular complexity index is 984. The summed E-state index contributed by atoms with van der Waals surface area (Å²) in [5.74, 6) is -1.56. The fourth-order valence-corrected chi connectivity index (χ4v) is 2.66. The molecule has 3 rings (SSSR count). The standard InChI is InChI=1S/C16H8ClF2IN6/c17-14-15(22-10-3-1-8(7-21)2-4-10)24-16(26-25-14)23-13-11(18)5-9(20)6-12(13)19/h1-6H,(H2,22,23,24,26). The highest BCUT2D eigenvalue weighted by molar-refractivity contribution is 14.1. The first-order chi connectivity index (χ1) is 12.5. The number of nitriles is 1. The molecule has 2 aromatic carbocycles. The van der Waals surface area contributed by atoms with Gasteiger partial charge >= 0.3 is 0 Å². The second-order valence-electron chi connectivity index (χ2n) is 4.96. The molecule has 0 aliphatic heterocycles. The zero-order valence-corrected chi connectivity index (χ0v) is 15.7. The molecular weight excluding hydrogens is 477 g/mol. The van der Waals surface area contributed by atoms with Gasteiger partial charge in [-0.3, -0.25) is 0 Å². The van der Waals surface area contributed by atoms with Gasteiger partial charge in [0.15, 0.2) is 22.6 Å². The second-order valence-corrected chi connectivity index (χ2v) is 6.56. The topological polar surface area (TPSA) is 86.5 Å². The fraction of sp³-hybridized carbons (Fsp3) is 0. The molecule has 0 saturated carbocycles. The quantitative estimate of drug-likeness (QED) is 0.519. The van der Waals surface area contributed by atoms with Crippen LogP contribution in [0.2, 0.25) is 5.15 Å². The highest BCUT2D eigenvalue weighted by Crippen LogP contribution is 2.26. The summed E-state index contributed by atoms with van der Waals surface area (Å²) in [6.45, 7) is 0. The Balaban J connectivity index is 1.87. The lowest BCUT2D eigenvalue weighted by atomic mass is 10.2. The van der Waals surface area contributed by atoms with Crippen LogP contribution < -0.4 is 10.6 Å². The predicted molar refractivity (Wildman–Crippen MR) is 102 cm³/mol. The minimum absolute atomic E-state index is 0.0246. The van der Waals surface area contributed by atoms with Gasteiger partial charge in [0.25, 0.3) is 0 Å². The minimum Gasteiger partial charge on any atom is -0.337 e. The lowest BCUT2D eigenvalue weighted by Gasteiger charge is -2.10. The van der Waals surface area contributed by atoms with E-state index in [9.17, 15) is 8.78 Å². The first-order valence-corrected chi connectivity index (χ1v) is 8.51. The average molecular weight is 485 g/mol. The van der Waals surface area contributed by atoms with Crippen molar-refractivity contribution in [2.45, 2.75) is 0 Å². The SMILES string of the molecule is N#Cc1ccc(Nc2nc(Nc3c(F)cc(I)cc3F)nnc2Cl)cc1. The number of benzene rings is 2. The van der Waals surface area contributed by atoms with Gasteiger partial charge in [-0.25, -0.2) is 8.78 Å². The van der Waals surface area contributed by atoms with Gasteiger partial charge in [0.05, 0.1) is 11.6 Å². The van der Waals surface area contributed by atoms with Crippen LogP contribution in [0.1, 0.15) is 5.56 Å². The molecule has 3 aromatic rings. The molecule has 26 heavy (non-hydrogen) atoms. The van der Waals surface area contributed by atoms with E-state index in [1.165, 1.54) is 12.1 Å². The Morgan fingerprint density at radius 1 is 1.04 bits per heavy atom. The second kappa shape index (κ2) is 7.76. The van der Waals surface area contributed by atoms with Crippen molar-refractivity contribution in [1.29, 1.82) is 5.26 Å². The molecule has 2 N–H and O–H groups in total. The molecule has 0 fully saturated rings. The number of nitrogens with one attached hydrogen (secondary N) is 2. The van der Waals surface area contributed by atoms with Crippen molar-refractivity contribution in [3.05, 3.63) is 62.3 Å². The maximum Gasteiger partial charge on any atom is 0.249 e. The molecule has 0 saturated heterocycles. The van der Waals surface area contributed by atoms with Gasteiger partial charge < -0.3 is 10.6 Å². The van der Waals surface area contributed by atoms with Gasteiger partial charge in [-0.05, 0) is 59.0 Å². The number of aromatic nitrogens is 3. The highest BCUT2D eigenvalue weighted by Gasteiger charge is 2.14. The van der Waals surface area contributed by atoms with E-state index in [-0.39, 0.29) is 22.6 Å². The smallest absolute Gasteiger partial charge is 0.249 e. The molecule has 0 aliphatic rings. The van der Waals surface area contributed by atoms with Crippen molar-refractivity contribution in [2.24, 2.45) is 0 Å². The van der Waals surface area contributed by atoms with Crippen molar-refractivity contribution >= 4 is 57.3 Å². The van der Waals surface area contributed by atoms with E-state index in [1.54, 1.807) is 46.9 Å². The van der Waals surface area contributed by atoms with Crippen LogP contribution in [0.15, 0.2) is 36.4 Å². The van der Waals surface area contributed by atoms with Crippen molar-refractivity contribution in [3.63, 3.8) is 0 Å². The van der Waals surface area contributed by atoms with Gasteiger partial charge in [-0.15, -0.1) is 10.2 Å². The third kappa shape index (κ3) is 4.14. The summed E-state index contributed by atoms with van der Waals surface area (Å²) in [6.07, 6.45) is 0. The summed E-state index contributed by atoms with van der Waals surface area (Å²) in [4.78, 5) is 4.08. The van der Waals surface area contributed by atoms with E-state index in [4.69, 9.17) is 16.9 Å². The summed E-state index contributed by atoms with van der Waals surface area (Å²) < 4.78 is 28.3. The number of hydrogen-bond donors (Lipinski definition) is 2. The molecule has 0 amide bonds. The first-order valence-electron chi connectivity index (χ1n) is 7.05. The van der Waals surface area contributed by atoms with Gasteiger partial charge in [0.1, 0.15) is 5.69 Å². The van der Waals surface area contributed by atoms with Crippen molar-refractivity contribution in [1.82, 2.24) is 15.2 Å². The number of halogens is 4. The molecule has 6 nitrogen and oxygen atoms in total. The molecule has 1 heterocycles. The van der Waals surface area contributed by atoms with E-state index in [0.29, 0.717) is 14.8 Å². The normalized spacial score (nSPS) is 10.3. The number of hydrogen-bond acceptors (Lipinski definition) is 6. The third-order valence-corrected chi connectivity index (χ3v) is 4.04. The van der Waals surface area contributed by atoms with Crippen LogP contribution in [0.25, 0.3) is 0 Å². The largest absolute Gasteiger partial charge is 0.337 e. The monoisotopic (exact) mass is 484 g/mol. The molecule has 0 spiro atoms. The van der Waals surface area contributed by atoms with E-state index in [0.717, 1.165) is 0 Å². The van der Waals surface area contributed by atoms with Crippen LogP contribution in [-0.2, 0) is 0 Å². The van der Waals surface area contributed by atoms with Crippen molar-refractivity contribution < 1.29 is 8.78 Å². The molecular formula is C16H8ClF2IN6. The van der Waals surface area contributed by atoms with E-state index < -0.39 is 11.6 Å². The first kappa shape index (κ1) is 18.2. The van der Waals surface area contributed by atoms with Crippen molar-refractivity contribution in [3.8, 4) is 6.07 Å². The molecule has 0 atom stereocenters. The van der Waals surface area contributed by atoms with Crippen LogP contribution in [0, 0.1) is 26.5 Å². The molecule has 1 aromatic heterocycles. The maximum absolute atomic E-state index is 13.9. The maximum atomic E-state index is 13.9. The van der Waals surface area contributed by atoms with Crippen LogP contribution in [0.5, 0.6) is 0 Å². The number of nitrogens with zero attached hydrogens (tertiary/aromatic N) is 4. The summed E-state index contributed by atoms with van der Waals surface area (Å²) in [6, 6.07) is 10.9. The fourth-order valence-electron chi connectivity index (χ4n) is 1.98. The summed E-state index contributed by atoms with van der Waals surface area (Å²) in [5, 5.41) is 21.5. The van der Waals surface area contributed by atoms with Crippen LogP contribution in [0.3, 0.4) is 0 Å². The number of anilines is 4. The van der Waals surface area contributed by atoms with E-state index in [2.05, 4.69) is 25.8 Å². The van der Waals surface area contributed by atoms with Gasteiger partial charge in [0.2, 0.25) is 5.95 Å². The molecule has 0 bridgehead atoms. The highest BCUT2D eigenvalue weighted by atomic mass is 127. The lowest BCUT2D eigenvalue weighted by molar-refractivity contribution is 0.588. The summed E-state index contributed by atoms with van der Waals surface area (Å²) in [7, 11) is 0. The van der Waals surface area contributed by atoms with Crippen LogP contribution in [-0.4, -0.2) is 15.2 Å². The predicted octanol–water partition coefficient (Wildman–Crippen LogP) is 4.77. The summed E-state index contributed by atoms with van der Waals surface area (Å²) >= 11 is 7.77. The zero-order chi connectivity index (χ0) is 18.7. The Kier molecular flexibility index (Phi) is 5.43. The molecule has 0 unspecified atom stereocenters. The molecule has 0 aliphatic carbocycles. The van der Waals surface area contributed by atoms with Crippen LogP contribution in [0.4, 0.5) is 31.9 Å². The zero-order valence-electron chi connectivity index (χ0n) is 12.8. The Hall–Kier alpha value is -2.58. The number of rotatable bonds is 4. The van der Waals surface area contributed by atoms with Gasteiger partial charge in [-0.1, -0.05) is 11.6 Å². The van der Waals surface area contributed by atoms with E-state index >= 15 is 0 Å². The summed E-state index contributed by atoms with van der Waals surface area (Å²) in [5.41, 5.74) is 0.706. The average Bonchev–Trinajstić information content (AvgIpc) is 2.61. The lowest BCUT2D eigenvalue weighted by Crippen LogP contribution is -2.06. The van der Waals surface area contributed by atoms with Crippen molar-refractivity contribution in [2.75, 3.05) is 10.6 Å². The third-order valence-electron chi connectivity index (χ3n) is 3.17. The minimum atomic E-state index is -0.783. The molecule has 0 radical (unpaired) electrons. The Morgan fingerprint density at radius 3 is 2.31 bits per heavy atom. The van der Waals surface area contributed by atoms with Crippen LogP contribution >= 0.6 is 34.2 Å². The Morgan fingerprint density at radius 2 is 1.69 bits per heavy atom. The van der Waals surface area contributed by atoms with Gasteiger partial charge in [-0.2, -0.15) is 10.2 Å². The molecule has 10 heteroatoms. The molecule has 130 valence electrons.